The molecule has 3 atom stereocenters. The van der Waals surface area contributed by atoms with E-state index in [0.717, 1.165) is 26.1 Å². The van der Waals surface area contributed by atoms with E-state index < -0.39 is 0 Å². The Morgan fingerprint density at radius 3 is 2.75 bits per heavy atom. The van der Waals surface area contributed by atoms with Crippen LogP contribution in [0.3, 0.4) is 0 Å². The molecule has 3 aliphatic heterocycles. The van der Waals surface area contributed by atoms with Crippen molar-refractivity contribution < 1.29 is 9.47 Å². The normalized spacial score (nSPS) is 35.9. The molecular formula is C16H29NO2S. The van der Waals surface area contributed by atoms with Gasteiger partial charge in [-0.3, -0.25) is 0 Å². The van der Waals surface area contributed by atoms with Crippen LogP contribution in [0.5, 0.6) is 0 Å². The molecule has 0 aromatic carbocycles. The van der Waals surface area contributed by atoms with E-state index in [-0.39, 0.29) is 5.60 Å². The van der Waals surface area contributed by atoms with Crippen molar-refractivity contribution >= 4 is 11.8 Å². The summed E-state index contributed by atoms with van der Waals surface area (Å²) in [7, 11) is 0. The van der Waals surface area contributed by atoms with Gasteiger partial charge in [0.2, 0.25) is 0 Å². The van der Waals surface area contributed by atoms with Gasteiger partial charge in [0, 0.05) is 19.3 Å². The van der Waals surface area contributed by atoms with Gasteiger partial charge in [-0.2, -0.15) is 11.8 Å². The van der Waals surface area contributed by atoms with Gasteiger partial charge in [-0.25, -0.2) is 0 Å². The fourth-order valence-electron chi connectivity index (χ4n) is 4.01. The molecule has 3 aliphatic rings. The summed E-state index contributed by atoms with van der Waals surface area (Å²) in [6.45, 7) is 1.85. The van der Waals surface area contributed by atoms with E-state index >= 15 is 0 Å². The van der Waals surface area contributed by atoms with Gasteiger partial charge in [0.1, 0.15) is 0 Å². The predicted octanol–water partition coefficient (Wildman–Crippen LogP) is 2.97. The van der Waals surface area contributed by atoms with Crippen molar-refractivity contribution in [3.63, 3.8) is 0 Å². The predicted molar refractivity (Wildman–Crippen MR) is 84.1 cm³/mol. The highest BCUT2D eigenvalue weighted by Gasteiger charge is 2.40. The average molecular weight is 299 g/mol. The van der Waals surface area contributed by atoms with E-state index in [2.05, 4.69) is 11.8 Å². The third kappa shape index (κ3) is 3.70. The maximum Gasteiger partial charge on any atom is 0.0701 e. The van der Waals surface area contributed by atoms with Crippen LogP contribution < -0.4 is 5.73 Å². The summed E-state index contributed by atoms with van der Waals surface area (Å²) < 4.78 is 12.0. The zero-order chi connectivity index (χ0) is 13.8. The van der Waals surface area contributed by atoms with E-state index in [1.165, 1.54) is 50.0 Å². The van der Waals surface area contributed by atoms with Crippen molar-refractivity contribution in [3.8, 4) is 0 Å². The van der Waals surface area contributed by atoms with Crippen LogP contribution in [0.25, 0.3) is 0 Å². The lowest BCUT2D eigenvalue weighted by Gasteiger charge is -2.45. The van der Waals surface area contributed by atoms with Crippen molar-refractivity contribution in [3.05, 3.63) is 0 Å². The summed E-state index contributed by atoms with van der Waals surface area (Å²) in [5.74, 6) is 3.15. The molecule has 0 radical (unpaired) electrons. The number of hydrogen-bond acceptors (Lipinski definition) is 4. The maximum atomic E-state index is 6.53. The number of ether oxygens (including phenoxy) is 2. The van der Waals surface area contributed by atoms with Crippen molar-refractivity contribution in [2.75, 3.05) is 24.7 Å². The van der Waals surface area contributed by atoms with Crippen LogP contribution in [0, 0.1) is 5.92 Å². The van der Waals surface area contributed by atoms with Gasteiger partial charge in [0.25, 0.3) is 0 Å². The first kappa shape index (κ1) is 15.1. The molecule has 0 aliphatic carbocycles. The quantitative estimate of drug-likeness (QED) is 0.870. The highest BCUT2D eigenvalue weighted by Crippen LogP contribution is 2.41. The highest BCUT2D eigenvalue weighted by atomic mass is 32.2. The Kier molecular flexibility index (Phi) is 5.29. The molecule has 0 bridgehead atoms. The first-order valence-electron chi connectivity index (χ1n) is 8.36. The fourth-order valence-corrected chi connectivity index (χ4v) is 5.25. The molecule has 1 spiro atoms. The topological polar surface area (TPSA) is 44.5 Å². The number of thioether (sulfide) groups is 1. The van der Waals surface area contributed by atoms with Crippen LogP contribution in [-0.2, 0) is 9.47 Å². The lowest BCUT2D eigenvalue weighted by atomic mass is 9.77. The van der Waals surface area contributed by atoms with Crippen molar-refractivity contribution in [2.45, 2.75) is 69.1 Å². The molecule has 3 heterocycles. The molecule has 0 saturated carbocycles. The zero-order valence-electron chi connectivity index (χ0n) is 12.5. The minimum absolute atomic E-state index is 0.166. The molecule has 0 aromatic rings. The van der Waals surface area contributed by atoms with Gasteiger partial charge in [0.05, 0.1) is 11.7 Å². The van der Waals surface area contributed by atoms with Crippen molar-refractivity contribution in [2.24, 2.45) is 11.7 Å². The van der Waals surface area contributed by atoms with Gasteiger partial charge in [-0.15, -0.1) is 0 Å². The van der Waals surface area contributed by atoms with Crippen molar-refractivity contribution in [1.82, 2.24) is 0 Å². The van der Waals surface area contributed by atoms with Gasteiger partial charge in [-0.05, 0) is 68.8 Å². The molecule has 20 heavy (non-hydrogen) atoms. The number of hydrogen-bond donors (Lipinski definition) is 1. The fraction of sp³-hybridized carbons (Fsp3) is 1.00. The van der Waals surface area contributed by atoms with E-state index in [1.807, 2.05) is 0 Å². The summed E-state index contributed by atoms with van der Waals surface area (Å²) in [4.78, 5) is 0. The molecule has 3 saturated heterocycles. The van der Waals surface area contributed by atoms with E-state index in [1.54, 1.807) is 0 Å². The van der Waals surface area contributed by atoms with Crippen molar-refractivity contribution in [1.29, 1.82) is 0 Å². The standard InChI is InChI=1S/C16H29NO2S/c17-15(11-14-3-1-2-7-18-14)13-4-8-19-16(12-13)5-9-20-10-6-16/h13-15H,1-12,17H2. The second kappa shape index (κ2) is 6.99. The summed E-state index contributed by atoms with van der Waals surface area (Å²) in [5.41, 5.74) is 6.69. The van der Waals surface area contributed by atoms with Gasteiger partial charge >= 0.3 is 0 Å². The summed E-state index contributed by atoms with van der Waals surface area (Å²) in [6.07, 6.45) is 9.98. The van der Waals surface area contributed by atoms with Gasteiger partial charge in [0.15, 0.2) is 0 Å². The largest absolute Gasteiger partial charge is 0.378 e. The van der Waals surface area contributed by atoms with Crippen LogP contribution in [0.1, 0.15) is 51.4 Å². The highest BCUT2D eigenvalue weighted by molar-refractivity contribution is 7.99. The molecule has 0 amide bonds. The third-order valence-corrected chi connectivity index (χ3v) is 6.34. The molecule has 3 nitrogen and oxygen atoms in total. The molecule has 3 unspecified atom stereocenters. The molecule has 116 valence electrons. The molecule has 3 fully saturated rings. The Balaban J connectivity index is 1.52. The van der Waals surface area contributed by atoms with E-state index in [4.69, 9.17) is 15.2 Å². The van der Waals surface area contributed by atoms with Gasteiger partial charge < -0.3 is 15.2 Å². The van der Waals surface area contributed by atoms with Gasteiger partial charge in [-0.1, -0.05) is 0 Å². The summed E-state index contributed by atoms with van der Waals surface area (Å²) >= 11 is 2.07. The first-order chi connectivity index (χ1) is 9.77. The third-order valence-electron chi connectivity index (χ3n) is 5.35. The molecule has 0 aromatic heterocycles. The molecule has 2 N–H and O–H groups in total. The minimum atomic E-state index is 0.166. The molecular weight excluding hydrogens is 270 g/mol. The van der Waals surface area contributed by atoms with E-state index in [0.29, 0.717) is 18.1 Å². The summed E-state index contributed by atoms with van der Waals surface area (Å²) in [6, 6.07) is 0.299. The van der Waals surface area contributed by atoms with E-state index in [9.17, 15) is 0 Å². The Morgan fingerprint density at radius 2 is 2.00 bits per heavy atom. The zero-order valence-corrected chi connectivity index (χ0v) is 13.3. The Labute approximate surface area is 127 Å². The lowest BCUT2D eigenvalue weighted by Crippen LogP contribution is -2.48. The Morgan fingerprint density at radius 1 is 1.15 bits per heavy atom. The first-order valence-corrected chi connectivity index (χ1v) is 9.52. The van der Waals surface area contributed by atoms with Crippen LogP contribution in [0.2, 0.25) is 0 Å². The van der Waals surface area contributed by atoms with Crippen LogP contribution in [-0.4, -0.2) is 42.5 Å². The second-order valence-electron chi connectivity index (χ2n) is 6.78. The average Bonchev–Trinajstić information content (AvgIpc) is 2.49. The lowest BCUT2D eigenvalue weighted by molar-refractivity contribution is -0.108. The second-order valence-corrected chi connectivity index (χ2v) is 8.01. The number of rotatable bonds is 3. The SMILES string of the molecule is NC(CC1CCCCO1)C1CCOC2(CCSCC2)C1. The minimum Gasteiger partial charge on any atom is -0.378 e. The molecule has 3 rings (SSSR count). The number of nitrogens with two attached hydrogens (primary N) is 1. The van der Waals surface area contributed by atoms with Crippen LogP contribution >= 0.6 is 11.8 Å². The monoisotopic (exact) mass is 299 g/mol. The van der Waals surface area contributed by atoms with Crippen LogP contribution in [0.15, 0.2) is 0 Å². The maximum absolute atomic E-state index is 6.53. The summed E-state index contributed by atoms with van der Waals surface area (Å²) in [5, 5.41) is 0. The Hall–Kier alpha value is 0.230. The Bertz CT molecular complexity index is 295. The smallest absolute Gasteiger partial charge is 0.0701 e. The molecule has 4 heteroatoms. The van der Waals surface area contributed by atoms with Crippen LogP contribution in [0.4, 0.5) is 0 Å².